The number of amides is 1. The fraction of sp³-hybridized carbons (Fsp3) is 0.208. The fourth-order valence-electron chi connectivity index (χ4n) is 4.66. The van der Waals surface area contributed by atoms with Crippen LogP contribution in [0.15, 0.2) is 59.4 Å². The van der Waals surface area contributed by atoms with Crippen LogP contribution in [0, 0.1) is 0 Å². The van der Waals surface area contributed by atoms with Gasteiger partial charge >= 0.3 is 0 Å². The molecule has 0 bridgehead atoms. The molecule has 1 aliphatic heterocycles. The van der Waals surface area contributed by atoms with Crippen molar-refractivity contribution in [3.8, 4) is 0 Å². The maximum atomic E-state index is 13.3. The third-order valence-corrected chi connectivity index (χ3v) is 6.28. The van der Waals surface area contributed by atoms with Gasteiger partial charge in [-0.2, -0.15) is 0 Å². The van der Waals surface area contributed by atoms with Crippen LogP contribution in [0.2, 0.25) is 0 Å². The van der Waals surface area contributed by atoms with Crippen LogP contribution >= 0.6 is 0 Å². The molecule has 148 valence electrons. The van der Waals surface area contributed by atoms with Crippen molar-refractivity contribution in [2.45, 2.75) is 0 Å². The van der Waals surface area contributed by atoms with Crippen molar-refractivity contribution in [2.75, 3.05) is 33.2 Å². The summed E-state index contributed by atoms with van der Waals surface area (Å²) in [7, 11) is 2.07. The van der Waals surface area contributed by atoms with Crippen LogP contribution in [0.1, 0.15) is 10.5 Å². The Morgan fingerprint density at radius 3 is 2.30 bits per heavy atom. The highest BCUT2D eigenvalue weighted by Crippen LogP contribution is 2.33. The van der Waals surface area contributed by atoms with Crippen molar-refractivity contribution < 1.29 is 4.79 Å². The van der Waals surface area contributed by atoms with E-state index in [1.807, 2.05) is 59.5 Å². The molecule has 1 aliphatic rings. The van der Waals surface area contributed by atoms with Crippen molar-refractivity contribution in [1.82, 2.24) is 19.2 Å². The van der Waals surface area contributed by atoms with Gasteiger partial charge in [0.2, 0.25) is 0 Å². The van der Waals surface area contributed by atoms with Crippen LogP contribution in [-0.4, -0.2) is 58.3 Å². The zero-order valence-corrected chi connectivity index (χ0v) is 16.6. The predicted octanol–water partition coefficient (Wildman–Crippen LogP) is 2.98. The first-order chi connectivity index (χ1) is 14.6. The predicted molar refractivity (Wildman–Crippen MR) is 119 cm³/mol. The molecule has 0 saturated carbocycles. The van der Waals surface area contributed by atoms with Crippen LogP contribution in [0.5, 0.6) is 0 Å². The second kappa shape index (κ2) is 6.24. The lowest BCUT2D eigenvalue weighted by molar-refractivity contribution is 0.0659. The van der Waals surface area contributed by atoms with E-state index >= 15 is 0 Å². The highest BCUT2D eigenvalue weighted by Gasteiger charge is 2.25. The number of benzene rings is 2. The fourth-order valence-corrected chi connectivity index (χ4v) is 4.66. The Balaban J connectivity index is 1.71. The average Bonchev–Trinajstić information content (AvgIpc) is 3.12. The Morgan fingerprint density at radius 1 is 0.867 bits per heavy atom. The Hall–Kier alpha value is -3.51. The summed E-state index contributed by atoms with van der Waals surface area (Å²) >= 11 is 0. The van der Waals surface area contributed by atoms with Gasteiger partial charge in [-0.3, -0.25) is 14.0 Å². The number of carbonyl (C=O) groups excluding carboxylic acids is 1. The molecule has 6 heteroatoms. The lowest BCUT2D eigenvalue weighted by Crippen LogP contribution is -2.47. The number of likely N-dealkylation sites (N-methyl/N-ethyl adjacent to an activating group) is 1. The summed E-state index contributed by atoms with van der Waals surface area (Å²) in [6.07, 6.45) is 0. The largest absolute Gasteiger partial charge is 0.335 e. The van der Waals surface area contributed by atoms with Gasteiger partial charge in [0.05, 0.1) is 16.6 Å². The molecule has 1 fully saturated rings. The van der Waals surface area contributed by atoms with E-state index < -0.39 is 0 Å². The molecule has 5 aromatic rings. The van der Waals surface area contributed by atoms with Gasteiger partial charge in [0.15, 0.2) is 0 Å². The van der Waals surface area contributed by atoms with E-state index in [9.17, 15) is 9.59 Å². The number of aromatic nitrogens is 2. The molecular formula is C24H20N4O2. The van der Waals surface area contributed by atoms with Crippen molar-refractivity contribution >= 4 is 44.0 Å². The summed E-state index contributed by atoms with van der Waals surface area (Å²) < 4.78 is 1.75. The van der Waals surface area contributed by atoms with Gasteiger partial charge in [-0.05, 0) is 25.2 Å². The van der Waals surface area contributed by atoms with Crippen LogP contribution in [0.25, 0.3) is 38.1 Å². The smallest absolute Gasteiger partial charge is 0.272 e. The minimum absolute atomic E-state index is 0.0486. The van der Waals surface area contributed by atoms with E-state index in [0.717, 1.165) is 40.3 Å². The molecule has 0 spiro atoms. The third-order valence-electron chi connectivity index (χ3n) is 6.28. The van der Waals surface area contributed by atoms with Crippen molar-refractivity contribution in [1.29, 1.82) is 0 Å². The molecular weight excluding hydrogens is 376 g/mol. The Morgan fingerprint density at radius 2 is 1.53 bits per heavy atom. The monoisotopic (exact) mass is 396 g/mol. The average molecular weight is 396 g/mol. The zero-order chi connectivity index (χ0) is 20.4. The van der Waals surface area contributed by atoms with E-state index in [1.165, 1.54) is 0 Å². The topological polar surface area (TPSA) is 57.9 Å². The maximum Gasteiger partial charge on any atom is 0.272 e. The lowest BCUT2D eigenvalue weighted by Gasteiger charge is -2.32. The zero-order valence-electron chi connectivity index (χ0n) is 16.6. The Bertz CT molecular complexity index is 1510. The summed E-state index contributed by atoms with van der Waals surface area (Å²) in [6, 6.07) is 17.2. The summed E-state index contributed by atoms with van der Waals surface area (Å²) in [5.41, 5.74) is 2.73. The Labute approximate surface area is 172 Å². The molecule has 0 radical (unpaired) electrons. The van der Waals surface area contributed by atoms with Crippen molar-refractivity contribution in [2.24, 2.45) is 0 Å². The molecule has 2 aromatic carbocycles. The van der Waals surface area contributed by atoms with E-state index in [1.54, 1.807) is 4.40 Å². The first-order valence-corrected chi connectivity index (χ1v) is 10.2. The molecule has 6 rings (SSSR count). The quantitative estimate of drug-likeness (QED) is 0.409. The van der Waals surface area contributed by atoms with E-state index in [4.69, 9.17) is 4.98 Å². The molecule has 0 unspecified atom stereocenters. The molecule has 4 heterocycles. The number of carbonyl (C=O) groups is 1. The van der Waals surface area contributed by atoms with Crippen LogP contribution < -0.4 is 5.56 Å². The molecule has 6 nitrogen and oxygen atoms in total. The minimum atomic E-state index is -0.0516. The van der Waals surface area contributed by atoms with E-state index in [2.05, 4.69) is 11.9 Å². The normalized spacial score (nSPS) is 15.7. The van der Waals surface area contributed by atoms with Crippen LogP contribution in [0.3, 0.4) is 0 Å². The second-order valence-corrected chi connectivity index (χ2v) is 8.05. The summed E-state index contributed by atoms with van der Waals surface area (Å²) in [4.78, 5) is 35.6. The molecule has 0 aliphatic carbocycles. The number of para-hydroxylation sites is 1. The number of piperazine rings is 1. The SMILES string of the molecule is CN1CCN(C(=O)c2cc3c4ccccc4n4c(=O)c5ccccc5c(n2)c34)CC1. The van der Waals surface area contributed by atoms with E-state index in [0.29, 0.717) is 29.7 Å². The minimum Gasteiger partial charge on any atom is -0.335 e. The van der Waals surface area contributed by atoms with Gasteiger partial charge in [0.1, 0.15) is 5.69 Å². The maximum absolute atomic E-state index is 13.3. The molecule has 30 heavy (non-hydrogen) atoms. The number of nitrogens with zero attached hydrogens (tertiary/aromatic N) is 4. The van der Waals surface area contributed by atoms with Crippen LogP contribution in [0.4, 0.5) is 0 Å². The first kappa shape index (κ1) is 17.4. The van der Waals surface area contributed by atoms with Crippen molar-refractivity contribution in [3.63, 3.8) is 0 Å². The van der Waals surface area contributed by atoms with Crippen LogP contribution in [-0.2, 0) is 0 Å². The third kappa shape index (κ3) is 2.31. The van der Waals surface area contributed by atoms with Gasteiger partial charge < -0.3 is 9.80 Å². The summed E-state index contributed by atoms with van der Waals surface area (Å²) in [5, 5.41) is 3.26. The van der Waals surface area contributed by atoms with Crippen molar-refractivity contribution in [3.05, 3.63) is 70.6 Å². The van der Waals surface area contributed by atoms with E-state index in [-0.39, 0.29) is 11.5 Å². The first-order valence-electron chi connectivity index (χ1n) is 10.2. The molecule has 1 saturated heterocycles. The molecule has 0 atom stereocenters. The number of hydrogen-bond acceptors (Lipinski definition) is 4. The molecule has 1 amide bonds. The highest BCUT2D eigenvalue weighted by atomic mass is 16.2. The second-order valence-electron chi connectivity index (χ2n) is 8.05. The van der Waals surface area contributed by atoms with Gasteiger partial charge in [0, 0.05) is 47.7 Å². The number of hydrogen-bond donors (Lipinski definition) is 0. The Kier molecular flexibility index (Phi) is 3.61. The highest BCUT2D eigenvalue weighted by molar-refractivity contribution is 6.20. The summed E-state index contributed by atoms with van der Waals surface area (Å²) in [6.45, 7) is 3.11. The lowest BCUT2D eigenvalue weighted by atomic mass is 10.1. The number of fused-ring (bicyclic) bond motifs is 5. The van der Waals surface area contributed by atoms with Gasteiger partial charge in [-0.15, -0.1) is 0 Å². The van der Waals surface area contributed by atoms with Gasteiger partial charge in [0.25, 0.3) is 11.5 Å². The molecule has 0 N–H and O–H groups in total. The standard InChI is InChI=1S/C24H20N4O2/c1-26-10-12-27(13-11-26)24(30)19-14-18-15-6-4-5-9-20(15)28-22(18)21(25-19)16-7-2-3-8-17(16)23(28)29/h2-9,14H,10-13H2,1H3. The number of rotatable bonds is 1. The molecule has 3 aromatic heterocycles. The number of pyridine rings is 2. The van der Waals surface area contributed by atoms with Gasteiger partial charge in [-0.1, -0.05) is 36.4 Å². The summed E-state index contributed by atoms with van der Waals surface area (Å²) in [5.74, 6) is -0.0486. The van der Waals surface area contributed by atoms with Gasteiger partial charge in [-0.25, -0.2) is 4.98 Å².